The van der Waals surface area contributed by atoms with Gasteiger partial charge < -0.3 is 4.57 Å². The monoisotopic (exact) mass is 418 g/mol. The fourth-order valence-corrected chi connectivity index (χ4v) is 3.95. The summed E-state index contributed by atoms with van der Waals surface area (Å²) in [4.78, 5) is 22.7. The minimum Gasteiger partial charge on any atom is -0.309 e. The van der Waals surface area contributed by atoms with E-state index in [9.17, 15) is 14.9 Å². The van der Waals surface area contributed by atoms with Gasteiger partial charge in [-0.25, -0.2) is 0 Å². The quantitative estimate of drug-likeness (QED) is 0.140. The number of para-hydroxylation sites is 2. The third-order valence-corrected chi connectivity index (χ3v) is 5.52. The molecule has 0 aliphatic carbocycles. The van der Waals surface area contributed by atoms with Gasteiger partial charge >= 0.3 is 0 Å². The second-order valence-corrected chi connectivity index (χ2v) is 7.46. The maximum atomic E-state index is 12.4. The number of rotatable bonds is 5. The van der Waals surface area contributed by atoms with Gasteiger partial charge in [0.25, 0.3) is 5.69 Å². The molecule has 0 atom stereocenters. The minimum atomic E-state index is -0.483. The number of aromatic nitrogens is 1. The summed E-state index contributed by atoms with van der Waals surface area (Å²) in [5.41, 5.74) is 4.60. The summed E-state index contributed by atoms with van der Waals surface area (Å²) < 4.78 is 2.24. The number of benzene rings is 4. The predicted octanol–water partition coefficient (Wildman–Crippen LogP) is 6.59. The third kappa shape index (κ3) is 3.46. The van der Waals surface area contributed by atoms with Crippen molar-refractivity contribution < 1.29 is 9.72 Å². The number of hydrogen-bond acceptors (Lipinski definition) is 3. The van der Waals surface area contributed by atoms with E-state index in [2.05, 4.69) is 41.0 Å². The van der Waals surface area contributed by atoms with E-state index in [1.165, 1.54) is 41.1 Å². The highest BCUT2D eigenvalue weighted by Crippen LogP contribution is 2.31. The zero-order chi connectivity index (χ0) is 22.1. The standard InChI is InChI=1S/C27H18N2O3/c30-27(20-12-16-22(17-13-20)29(31)32)18-11-19-9-14-21(15-10-19)28-25-7-3-1-5-23(25)24-6-2-4-8-26(24)28/h1-18H/b18-11+. The highest BCUT2D eigenvalue weighted by atomic mass is 16.6. The van der Waals surface area contributed by atoms with Crippen LogP contribution in [0.2, 0.25) is 0 Å². The number of non-ortho nitro benzene ring substituents is 1. The number of nitrogens with zero attached hydrogens (tertiary/aromatic N) is 2. The van der Waals surface area contributed by atoms with Gasteiger partial charge in [-0.05, 0) is 48.0 Å². The largest absolute Gasteiger partial charge is 0.309 e. The van der Waals surface area contributed by atoms with E-state index in [1.54, 1.807) is 6.08 Å². The van der Waals surface area contributed by atoms with E-state index in [1.807, 2.05) is 36.4 Å². The molecule has 32 heavy (non-hydrogen) atoms. The lowest BCUT2D eigenvalue weighted by molar-refractivity contribution is -0.384. The van der Waals surface area contributed by atoms with Gasteiger partial charge in [-0.15, -0.1) is 0 Å². The number of ketones is 1. The summed E-state index contributed by atoms with van der Waals surface area (Å²) in [6.07, 6.45) is 3.23. The zero-order valence-electron chi connectivity index (χ0n) is 17.0. The molecule has 5 heteroatoms. The molecule has 4 aromatic carbocycles. The van der Waals surface area contributed by atoms with Crippen molar-refractivity contribution in [2.75, 3.05) is 0 Å². The van der Waals surface area contributed by atoms with Gasteiger partial charge in [0.2, 0.25) is 0 Å². The topological polar surface area (TPSA) is 65.1 Å². The molecule has 0 amide bonds. The molecule has 0 spiro atoms. The van der Waals surface area contributed by atoms with Crippen LogP contribution in [0.1, 0.15) is 15.9 Å². The van der Waals surface area contributed by atoms with Gasteiger partial charge in [0, 0.05) is 34.2 Å². The third-order valence-electron chi connectivity index (χ3n) is 5.52. The van der Waals surface area contributed by atoms with Crippen LogP contribution in [0.25, 0.3) is 33.6 Å². The molecule has 1 aromatic heterocycles. The van der Waals surface area contributed by atoms with Crippen LogP contribution in [-0.2, 0) is 0 Å². The Morgan fingerprint density at radius 2 is 1.31 bits per heavy atom. The van der Waals surface area contributed by atoms with E-state index < -0.39 is 4.92 Å². The number of carbonyl (C=O) groups excluding carboxylic acids is 1. The lowest BCUT2D eigenvalue weighted by atomic mass is 10.1. The number of nitro benzene ring substituents is 1. The summed E-state index contributed by atoms with van der Waals surface area (Å²) >= 11 is 0. The van der Waals surface area contributed by atoms with Crippen LogP contribution in [-0.4, -0.2) is 15.3 Å². The fraction of sp³-hybridized carbons (Fsp3) is 0. The van der Waals surface area contributed by atoms with Crippen molar-refractivity contribution in [2.45, 2.75) is 0 Å². The number of hydrogen-bond donors (Lipinski definition) is 0. The molecule has 154 valence electrons. The molecule has 5 rings (SSSR count). The molecule has 0 fully saturated rings. The number of nitro groups is 1. The Balaban J connectivity index is 1.43. The SMILES string of the molecule is O=C(/C=C/c1ccc(-n2c3ccccc3c3ccccc32)cc1)c1ccc([N+](=O)[O-])cc1. The van der Waals surface area contributed by atoms with E-state index in [4.69, 9.17) is 0 Å². The molecular weight excluding hydrogens is 400 g/mol. The molecule has 0 bridgehead atoms. The van der Waals surface area contributed by atoms with Crippen LogP contribution < -0.4 is 0 Å². The molecule has 1 heterocycles. The molecule has 0 N–H and O–H groups in total. The Bertz CT molecular complexity index is 1440. The smallest absolute Gasteiger partial charge is 0.269 e. The lowest BCUT2D eigenvalue weighted by Crippen LogP contribution is -1.95. The maximum absolute atomic E-state index is 12.4. The first-order valence-corrected chi connectivity index (χ1v) is 10.2. The van der Waals surface area contributed by atoms with Crippen molar-refractivity contribution in [2.24, 2.45) is 0 Å². The van der Waals surface area contributed by atoms with E-state index in [0.717, 1.165) is 22.3 Å². The zero-order valence-corrected chi connectivity index (χ0v) is 17.0. The summed E-state index contributed by atoms with van der Waals surface area (Å²) in [7, 11) is 0. The molecule has 0 aliphatic rings. The van der Waals surface area contributed by atoms with Crippen LogP contribution in [0.3, 0.4) is 0 Å². The highest BCUT2D eigenvalue weighted by molar-refractivity contribution is 6.09. The van der Waals surface area contributed by atoms with E-state index >= 15 is 0 Å². The Morgan fingerprint density at radius 1 is 0.750 bits per heavy atom. The number of fused-ring (bicyclic) bond motifs is 3. The summed E-state index contributed by atoms with van der Waals surface area (Å²) in [5.74, 6) is -0.202. The van der Waals surface area contributed by atoms with Gasteiger partial charge in [-0.3, -0.25) is 14.9 Å². The summed E-state index contributed by atoms with van der Waals surface area (Å²) in [5, 5.41) is 13.2. The predicted molar refractivity (Wildman–Crippen MR) is 127 cm³/mol. The molecule has 0 unspecified atom stereocenters. The number of carbonyl (C=O) groups is 1. The van der Waals surface area contributed by atoms with Crippen molar-refractivity contribution >= 4 is 39.4 Å². The molecule has 0 saturated heterocycles. The van der Waals surface area contributed by atoms with Crippen molar-refractivity contribution in [3.8, 4) is 5.69 Å². The minimum absolute atomic E-state index is 0.0359. The van der Waals surface area contributed by atoms with Crippen LogP contribution in [0.15, 0.2) is 103 Å². The second kappa shape index (κ2) is 7.96. The average Bonchev–Trinajstić information content (AvgIpc) is 3.17. The lowest BCUT2D eigenvalue weighted by Gasteiger charge is -2.08. The average molecular weight is 418 g/mol. The Kier molecular flexibility index (Phi) is 4.84. The fourth-order valence-electron chi connectivity index (χ4n) is 3.95. The van der Waals surface area contributed by atoms with Crippen molar-refractivity contribution in [3.05, 3.63) is 124 Å². The molecule has 0 saturated carbocycles. The molecule has 5 nitrogen and oxygen atoms in total. The van der Waals surface area contributed by atoms with Gasteiger partial charge in [0.1, 0.15) is 0 Å². The summed E-state index contributed by atoms with van der Waals surface area (Å²) in [6.45, 7) is 0. The molecule has 0 radical (unpaired) electrons. The Morgan fingerprint density at radius 3 is 1.88 bits per heavy atom. The Labute approximate surface area is 184 Å². The van der Waals surface area contributed by atoms with Gasteiger partial charge in [-0.1, -0.05) is 54.6 Å². The maximum Gasteiger partial charge on any atom is 0.269 e. The normalized spacial score (nSPS) is 11.4. The van der Waals surface area contributed by atoms with Crippen LogP contribution in [0.4, 0.5) is 5.69 Å². The van der Waals surface area contributed by atoms with E-state index in [-0.39, 0.29) is 11.5 Å². The second-order valence-electron chi connectivity index (χ2n) is 7.46. The first-order valence-electron chi connectivity index (χ1n) is 10.2. The molecule has 5 aromatic rings. The Hall–Kier alpha value is -4.51. The van der Waals surface area contributed by atoms with Crippen LogP contribution in [0, 0.1) is 10.1 Å². The van der Waals surface area contributed by atoms with Crippen molar-refractivity contribution in [1.82, 2.24) is 4.57 Å². The van der Waals surface area contributed by atoms with Crippen molar-refractivity contribution in [3.63, 3.8) is 0 Å². The van der Waals surface area contributed by atoms with Gasteiger partial charge in [0.15, 0.2) is 5.78 Å². The van der Waals surface area contributed by atoms with E-state index in [0.29, 0.717) is 5.56 Å². The number of allylic oxidation sites excluding steroid dienone is 1. The first-order chi connectivity index (χ1) is 15.6. The first kappa shape index (κ1) is 19.5. The molecule has 0 aliphatic heterocycles. The van der Waals surface area contributed by atoms with Crippen LogP contribution >= 0.6 is 0 Å². The van der Waals surface area contributed by atoms with Crippen molar-refractivity contribution in [1.29, 1.82) is 0 Å². The highest BCUT2D eigenvalue weighted by Gasteiger charge is 2.11. The molecular formula is C27H18N2O3. The van der Waals surface area contributed by atoms with Gasteiger partial charge in [0.05, 0.1) is 16.0 Å². The van der Waals surface area contributed by atoms with Crippen LogP contribution in [0.5, 0.6) is 0 Å². The summed E-state index contributed by atoms with van der Waals surface area (Å²) in [6, 6.07) is 30.3. The van der Waals surface area contributed by atoms with Gasteiger partial charge in [-0.2, -0.15) is 0 Å².